The molecule has 3 aromatic carbocycles. The van der Waals surface area contributed by atoms with Gasteiger partial charge in [-0.25, -0.2) is 4.57 Å². The molecule has 0 bridgehead atoms. The van der Waals surface area contributed by atoms with Crippen LogP contribution in [0.3, 0.4) is 0 Å². The van der Waals surface area contributed by atoms with Crippen molar-refractivity contribution in [3.63, 3.8) is 0 Å². The van der Waals surface area contributed by atoms with Gasteiger partial charge in [0.1, 0.15) is 17.6 Å². The molecule has 0 saturated carbocycles. The van der Waals surface area contributed by atoms with Gasteiger partial charge in [-0.15, -0.1) is 0 Å². The molecule has 1 aliphatic rings. The van der Waals surface area contributed by atoms with Crippen LogP contribution in [0.25, 0.3) is 0 Å². The summed E-state index contributed by atoms with van der Waals surface area (Å²) in [5.74, 6) is 0.850. The van der Waals surface area contributed by atoms with Crippen LogP contribution in [0.2, 0.25) is 0 Å². The monoisotopic (exact) mass is 444 g/mol. The van der Waals surface area contributed by atoms with E-state index in [0.29, 0.717) is 11.5 Å². The maximum atomic E-state index is 13.6. The molecule has 4 nitrogen and oxygen atoms in total. The van der Waals surface area contributed by atoms with E-state index in [2.05, 4.69) is 15.9 Å². The van der Waals surface area contributed by atoms with Gasteiger partial charge in [0.25, 0.3) is 0 Å². The van der Waals surface area contributed by atoms with Crippen LogP contribution in [0.4, 0.5) is 0 Å². The maximum absolute atomic E-state index is 13.6. The number of halogens is 1. The fourth-order valence-corrected chi connectivity index (χ4v) is 5.38. The number of phosphoric ester groups is 1. The number of hydrogen-bond acceptors (Lipinski definition) is 4. The SMILES string of the molecule is O=P(Oc1ccccc1)(Oc1ccccc1)O[C@@H]1c2ccccc2C[C@H]1Br. The molecule has 2 atom stereocenters. The van der Waals surface area contributed by atoms with Gasteiger partial charge in [-0.05, 0) is 41.8 Å². The molecule has 0 spiro atoms. The number of alkyl halides is 1. The van der Waals surface area contributed by atoms with E-state index in [1.54, 1.807) is 48.5 Å². The van der Waals surface area contributed by atoms with Gasteiger partial charge in [-0.2, -0.15) is 0 Å². The molecule has 0 aliphatic heterocycles. The lowest BCUT2D eigenvalue weighted by molar-refractivity contribution is 0.149. The largest absolute Gasteiger partial charge is 0.588 e. The van der Waals surface area contributed by atoms with E-state index in [4.69, 9.17) is 13.6 Å². The van der Waals surface area contributed by atoms with Crippen LogP contribution in [0.5, 0.6) is 11.5 Å². The molecule has 138 valence electrons. The van der Waals surface area contributed by atoms with E-state index >= 15 is 0 Å². The van der Waals surface area contributed by atoms with Gasteiger partial charge in [0.05, 0.1) is 0 Å². The van der Waals surface area contributed by atoms with Gasteiger partial charge in [-0.3, -0.25) is 4.52 Å². The van der Waals surface area contributed by atoms with Crippen LogP contribution in [-0.2, 0) is 15.5 Å². The van der Waals surface area contributed by atoms with Crippen molar-refractivity contribution >= 4 is 23.8 Å². The number of hydrogen-bond donors (Lipinski definition) is 0. The normalized spacial score (nSPS) is 18.7. The number of fused-ring (bicyclic) bond motifs is 1. The van der Waals surface area contributed by atoms with Gasteiger partial charge < -0.3 is 9.05 Å². The van der Waals surface area contributed by atoms with E-state index in [-0.39, 0.29) is 4.83 Å². The molecule has 0 heterocycles. The van der Waals surface area contributed by atoms with Crippen molar-refractivity contribution < 1.29 is 18.1 Å². The average Bonchev–Trinajstić information content (AvgIpc) is 2.98. The fraction of sp³-hybridized carbons (Fsp3) is 0.143. The molecule has 0 saturated heterocycles. The molecule has 4 rings (SSSR count). The lowest BCUT2D eigenvalue weighted by Gasteiger charge is -2.24. The molecule has 1 aliphatic carbocycles. The zero-order valence-corrected chi connectivity index (χ0v) is 16.9. The van der Waals surface area contributed by atoms with Gasteiger partial charge in [0.2, 0.25) is 0 Å². The second kappa shape index (κ2) is 7.89. The minimum Gasteiger partial charge on any atom is -0.395 e. The Bertz CT molecular complexity index is 903. The standard InChI is InChI=1S/C21H18BrO4P/c22-20-15-16-9-7-8-14-19(16)21(20)26-27(23,24-17-10-3-1-4-11-17)25-18-12-5-2-6-13-18/h1-14,20-21H,15H2/t20-,21-/m1/s1. The molecule has 3 aromatic rings. The third-order valence-electron chi connectivity index (χ3n) is 4.27. The summed E-state index contributed by atoms with van der Waals surface area (Å²) >= 11 is 3.65. The molecular weight excluding hydrogens is 427 g/mol. The molecule has 0 unspecified atom stereocenters. The summed E-state index contributed by atoms with van der Waals surface area (Å²) in [5.41, 5.74) is 2.16. The Morgan fingerprint density at radius 1 is 0.778 bits per heavy atom. The predicted molar refractivity (Wildman–Crippen MR) is 108 cm³/mol. The number of para-hydroxylation sites is 2. The third kappa shape index (κ3) is 4.27. The fourth-order valence-electron chi connectivity index (χ4n) is 3.05. The smallest absolute Gasteiger partial charge is 0.395 e. The molecule has 0 amide bonds. The topological polar surface area (TPSA) is 44.8 Å². The molecule has 0 aromatic heterocycles. The number of phosphoric acid groups is 1. The van der Waals surface area contributed by atoms with E-state index in [1.807, 2.05) is 36.4 Å². The number of rotatable bonds is 6. The maximum Gasteiger partial charge on any atom is 0.588 e. The van der Waals surface area contributed by atoms with Gasteiger partial charge in [0, 0.05) is 4.83 Å². The molecule has 27 heavy (non-hydrogen) atoms. The van der Waals surface area contributed by atoms with E-state index in [0.717, 1.165) is 17.5 Å². The Kier molecular flexibility index (Phi) is 5.35. The van der Waals surface area contributed by atoms with Crippen molar-refractivity contribution in [3.05, 3.63) is 96.1 Å². The zero-order valence-electron chi connectivity index (χ0n) is 14.4. The summed E-state index contributed by atoms with van der Waals surface area (Å²) in [6, 6.07) is 25.8. The van der Waals surface area contributed by atoms with E-state index in [9.17, 15) is 4.57 Å². The average molecular weight is 445 g/mol. The van der Waals surface area contributed by atoms with Crippen LogP contribution in [0.15, 0.2) is 84.9 Å². The molecule has 0 fully saturated rings. The van der Waals surface area contributed by atoms with Crippen molar-refractivity contribution in [3.8, 4) is 11.5 Å². The highest BCUT2D eigenvalue weighted by Crippen LogP contribution is 2.56. The summed E-state index contributed by atoms with van der Waals surface area (Å²) in [6.45, 7) is 0. The molecule has 0 radical (unpaired) electrons. The van der Waals surface area contributed by atoms with Crippen LogP contribution >= 0.6 is 23.8 Å². The quantitative estimate of drug-likeness (QED) is 0.329. The first-order valence-corrected chi connectivity index (χ1v) is 11.0. The minimum absolute atomic E-state index is 0.0121. The minimum atomic E-state index is -3.94. The van der Waals surface area contributed by atoms with E-state index < -0.39 is 13.9 Å². The van der Waals surface area contributed by atoms with Crippen molar-refractivity contribution in [1.29, 1.82) is 0 Å². The van der Waals surface area contributed by atoms with Gasteiger partial charge >= 0.3 is 7.82 Å². The first-order chi connectivity index (χ1) is 13.1. The van der Waals surface area contributed by atoms with Crippen LogP contribution < -0.4 is 9.05 Å². The second-order valence-corrected chi connectivity index (χ2v) is 8.85. The van der Waals surface area contributed by atoms with Crippen molar-refractivity contribution in [2.24, 2.45) is 0 Å². The van der Waals surface area contributed by atoms with Crippen LogP contribution in [-0.4, -0.2) is 4.83 Å². The summed E-state index contributed by atoms with van der Waals surface area (Å²) in [7, 11) is -3.94. The van der Waals surface area contributed by atoms with Gasteiger partial charge in [0.15, 0.2) is 0 Å². The highest BCUT2D eigenvalue weighted by Gasteiger charge is 2.41. The summed E-state index contributed by atoms with van der Waals surface area (Å²) in [6.07, 6.45) is 0.358. The molecule has 0 N–H and O–H groups in total. The van der Waals surface area contributed by atoms with Crippen molar-refractivity contribution in [2.75, 3.05) is 0 Å². The van der Waals surface area contributed by atoms with Gasteiger partial charge in [-0.1, -0.05) is 76.6 Å². The second-order valence-electron chi connectivity index (χ2n) is 6.20. The summed E-state index contributed by atoms with van der Waals surface area (Å²) in [5, 5.41) is 0. The van der Waals surface area contributed by atoms with Crippen LogP contribution in [0, 0.1) is 0 Å². The zero-order chi connectivity index (χ0) is 18.7. The van der Waals surface area contributed by atoms with Crippen molar-refractivity contribution in [1.82, 2.24) is 0 Å². The Morgan fingerprint density at radius 3 is 1.89 bits per heavy atom. The Morgan fingerprint density at radius 2 is 1.30 bits per heavy atom. The van der Waals surface area contributed by atoms with Crippen molar-refractivity contribution in [2.45, 2.75) is 17.4 Å². The van der Waals surface area contributed by atoms with E-state index in [1.165, 1.54) is 0 Å². The highest BCUT2D eigenvalue weighted by molar-refractivity contribution is 9.09. The Balaban J connectivity index is 1.64. The Hall–Kier alpha value is -2.07. The number of benzene rings is 3. The first kappa shape index (κ1) is 18.3. The Labute approximate surface area is 166 Å². The first-order valence-electron chi connectivity index (χ1n) is 8.62. The predicted octanol–water partition coefficient (Wildman–Crippen LogP) is 6.33. The summed E-state index contributed by atoms with van der Waals surface area (Å²) < 4.78 is 31.0. The highest BCUT2D eigenvalue weighted by atomic mass is 79.9. The lowest BCUT2D eigenvalue weighted by atomic mass is 10.1. The molecular formula is C21H18BrO4P. The van der Waals surface area contributed by atoms with Crippen LogP contribution in [0.1, 0.15) is 17.2 Å². The third-order valence-corrected chi connectivity index (χ3v) is 6.43. The lowest BCUT2D eigenvalue weighted by Crippen LogP contribution is -2.14. The summed E-state index contributed by atoms with van der Waals surface area (Å²) in [4.78, 5) is -0.0121. The molecule has 6 heteroatoms.